The third-order valence-corrected chi connectivity index (χ3v) is 2.96. The molecule has 0 saturated heterocycles. The van der Waals surface area contributed by atoms with Crippen LogP contribution in [0.5, 0.6) is 0 Å². The zero-order valence-corrected chi connectivity index (χ0v) is 11.8. The molecule has 0 aliphatic heterocycles. The summed E-state index contributed by atoms with van der Waals surface area (Å²) in [7, 11) is 0. The molecular weight excluding hydrogens is 264 g/mol. The van der Waals surface area contributed by atoms with Crippen LogP contribution in [-0.2, 0) is 6.42 Å². The Labute approximate surface area is 117 Å². The Morgan fingerprint density at radius 3 is 2.95 bits per heavy atom. The number of aryl methyl sites for hydroxylation is 1. The molecule has 0 atom stereocenters. The van der Waals surface area contributed by atoms with Crippen molar-refractivity contribution in [2.75, 3.05) is 11.9 Å². The number of halogens is 1. The van der Waals surface area contributed by atoms with E-state index in [4.69, 9.17) is 16.1 Å². The first-order valence-electron chi connectivity index (χ1n) is 6.32. The van der Waals surface area contributed by atoms with Crippen molar-refractivity contribution in [1.29, 1.82) is 0 Å². The highest BCUT2D eigenvalue weighted by molar-refractivity contribution is 6.33. The highest BCUT2D eigenvalue weighted by Crippen LogP contribution is 2.19. The predicted octanol–water partition coefficient (Wildman–Crippen LogP) is 3.29. The molecule has 0 radical (unpaired) electrons. The van der Waals surface area contributed by atoms with Gasteiger partial charge in [-0.15, -0.1) is 0 Å². The van der Waals surface area contributed by atoms with Gasteiger partial charge in [0.15, 0.2) is 5.82 Å². The van der Waals surface area contributed by atoms with Crippen LogP contribution in [-0.4, -0.2) is 21.7 Å². The predicted molar refractivity (Wildman–Crippen MR) is 74.4 cm³/mol. The Morgan fingerprint density at radius 2 is 2.26 bits per heavy atom. The van der Waals surface area contributed by atoms with Gasteiger partial charge in [0.25, 0.3) is 0 Å². The molecule has 102 valence electrons. The van der Waals surface area contributed by atoms with Crippen molar-refractivity contribution >= 4 is 17.3 Å². The monoisotopic (exact) mass is 280 g/mol. The molecule has 19 heavy (non-hydrogen) atoms. The molecule has 0 aromatic carbocycles. The maximum atomic E-state index is 5.99. The second kappa shape index (κ2) is 6.52. The van der Waals surface area contributed by atoms with E-state index in [0.29, 0.717) is 16.8 Å². The molecular formula is C13H17ClN4O. The van der Waals surface area contributed by atoms with Gasteiger partial charge >= 0.3 is 0 Å². The lowest BCUT2D eigenvalue weighted by Crippen LogP contribution is -2.03. The highest BCUT2D eigenvalue weighted by Gasteiger charge is 2.09. The third kappa shape index (κ3) is 3.92. The molecule has 0 bridgehead atoms. The molecule has 0 saturated carbocycles. The average Bonchev–Trinajstić information content (AvgIpc) is 2.85. The van der Waals surface area contributed by atoms with Gasteiger partial charge in [-0.1, -0.05) is 30.6 Å². The molecule has 0 unspecified atom stereocenters. The lowest BCUT2D eigenvalue weighted by Gasteiger charge is -2.06. The summed E-state index contributed by atoms with van der Waals surface area (Å²) >= 11 is 5.99. The lowest BCUT2D eigenvalue weighted by molar-refractivity contribution is 0.369. The number of pyridine rings is 1. The number of aromatic nitrogens is 3. The van der Waals surface area contributed by atoms with Gasteiger partial charge < -0.3 is 9.84 Å². The van der Waals surface area contributed by atoms with E-state index in [1.165, 1.54) is 0 Å². The van der Waals surface area contributed by atoms with Gasteiger partial charge in [0, 0.05) is 31.3 Å². The summed E-state index contributed by atoms with van der Waals surface area (Å²) in [4.78, 5) is 8.26. The summed E-state index contributed by atoms with van der Waals surface area (Å²) in [5.41, 5.74) is 0.894. The van der Waals surface area contributed by atoms with Crippen molar-refractivity contribution < 1.29 is 4.52 Å². The second-order valence-electron chi connectivity index (χ2n) is 4.59. The molecule has 0 spiro atoms. The van der Waals surface area contributed by atoms with Crippen molar-refractivity contribution in [2.24, 2.45) is 0 Å². The summed E-state index contributed by atoms with van der Waals surface area (Å²) in [5.74, 6) is 1.75. The molecule has 0 amide bonds. The molecule has 6 heteroatoms. The minimum absolute atomic E-state index is 0.297. The van der Waals surface area contributed by atoms with Crippen LogP contribution in [0, 0.1) is 0 Å². The van der Waals surface area contributed by atoms with Crippen molar-refractivity contribution in [3.8, 4) is 0 Å². The average molecular weight is 281 g/mol. The molecule has 5 nitrogen and oxygen atoms in total. The van der Waals surface area contributed by atoms with Crippen LogP contribution in [0.1, 0.15) is 37.9 Å². The Balaban J connectivity index is 1.76. The molecule has 2 heterocycles. The van der Waals surface area contributed by atoms with Crippen LogP contribution in [0.3, 0.4) is 0 Å². The standard InChI is InChI=1S/C13H17ClN4O/c1-9(2)13-17-12(19-18-13)4-3-6-16-11-5-7-15-8-10(11)14/h5,7-9H,3-4,6H2,1-2H3,(H,15,16). The van der Waals surface area contributed by atoms with E-state index in [9.17, 15) is 0 Å². The van der Waals surface area contributed by atoms with Gasteiger partial charge in [-0.2, -0.15) is 4.98 Å². The minimum atomic E-state index is 0.297. The maximum absolute atomic E-state index is 5.99. The van der Waals surface area contributed by atoms with Crippen molar-refractivity contribution in [1.82, 2.24) is 15.1 Å². The Bertz CT molecular complexity index is 527. The fraction of sp³-hybridized carbons (Fsp3) is 0.462. The normalized spacial score (nSPS) is 10.9. The summed E-state index contributed by atoms with van der Waals surface area (Å²) in [6.07, 6.45) is 4.99. The van der Waals surface area contributed by atoms with Gasteiger partial charge in [-0.05, 0) is 12.5 Å². The first kappa shape index (κ1) is 13.8. The van der Waals surface area contributed by atoms with E-state index in [2.05, 4.69) is 20.4 Å². The lowest BCUT2D eigenvalue weighted by atomic mass is 10.2. The summed E-state index contributed by atoms with van der Waals surface area (Å²) in [6, 6.07) is 1.85. The van der Waals surface area contributed by atoms with Crippen molar-refractivity contribution in [2.45, 2.75) is 32.6 Å². The molecule has 2 rings (SSSR count). The fourth-order valence-corrected chi connectivity index (χ4v) is 1.77. The van der Waals surface area contributed by atoms with Crippen molar-refractivity contribution in [3.63, 3.8) is 0 Å². The van der Waals surface area contributed by atoms with E-state index < -0.39 is 0 Å². The Morgan fingerprint density at radius 1 is 1.42 bits per heavy atom. The topological polar surface area (TPSA) is 63.8 Å². The minimum Gasteiger partial charge on any atom is -0.384 e. The molecule has 1 N–H and O–H groups in total. The van der Waals surface area contributed by atoms with Crippen LogP contribution in [0.2, 0.25) is 5.02 Å². The van der Waals surface area contributed by atoms with E-state index in [0.717, 1.165) is 30.9 Å². The summed E-state index contributed by atoms with van der Waals surface area (Å²) in [5, 5.41) is 7.81. The summed E-state index contributed by atoms with van der Waals surface area (Å²) < 4.78 is 5.18. The number of nitrogens with zero attached hydrogens (tertiary/aromatic N) is 3. The quantitative estimate of drug-likeness (QED) is 0.823. The van der Waals surface area contributed by atoms with Crippen LogP contribution in [0.15, 0.2) is 23.0 Å². The second-order valence-corrected chi connectivity index (χ2v) is 4.99. The van der Waals surface area contributed by atoms with E-state index in [1.807, 2.05) is 19.9 Å². The number of hydrogen-bond acceptors (Lipinski definition) is 5. The van der Waals surface area contributed by atoms with E-state index in [-0.39, 0.29) is 0 Å². The Hall–Kier alpha value is -1.62. The number of anilines is 1. The molecule has 0 aliphatic rings. The molecule has 2 aromatic heterocycles. The largest absolute Gasteiger partial charge is 0.384 e. The van der Waals surface area contributed by atoms with Gasteiger partial charge in [0.1, 0.15) is 0 Å². The van der Waals surface area contributed by atoms with E-state index in [1.54, 1.807) is 12.4 Å². The number of rotatable bonds is 6. The van der Waals surface area contributed by atoms with Crippen LogP contribution in [0.4, 0.5) is 5.69 Å². The smallest absolute Gasteiger partial charge is 0.226 e. The van der Waals surface area contributed by atoms with Crippen LogP contribution in [0.25, 0.3) is 0 Å². The van der Waals surface area contributed by atoms with Crippen LogP contribution < -0.4 is 5.32 Å². The maximum Gasteiger partial charge on any atom is 0.226 e. The fourth-order valence-electron chi connectivity index (χ4n) is 1.59. The highest BCUT2D eigenvalue weighted by atomic mass is 35.5. The summed E-state index contributed by atoms with van der Waals surface area (Å²) in [6.45, 7) is 4.88. The zero-order valence-electron chi connectivity index (χ0n) is 11.1. The van der Waals surface area contributed by atoms with Gasteiger partial charge in [0.2, 0.25) is 5.89 Å². The molecule has 0 fully saturated rings. The van der Waals surface area contributed by atoms with Crippen molar-refractivity contribution in [3.05, 3.63) is 35.2 Å². The molecule has 2 aromatic rings. The van der Waals surface area contributed by atoms with Gasteiger partial charge in [0.05, 0.1) is 10.7 Å². The van der Waals surface area contributed by atoms with Gasteiger partial charge in [-0.25, -0.2) is 0 Å². The Kier molecular flexibility index (Phi) is 4.74. The first-order valence-corrected chi connectivity index (χ1v) is 6.70. The molecule has 0 aliphatic carbocycles. The first-order chi connectivity index (χ1) is 9.16. The third-order valence-electron chi connectivity index (χ3n) is 2.66. The van der Waals surface area contributed by atoms with Crippen LogP contribution >= 0.6 is 11.6 Å². The SMILES string of the molecule is CC(C)c1noc(CCCNc2ccncc2Cl)n1. The zero-order chi connectivity index (χ0) is 13.7. The van der Waals surface area contributed by atoms with E-state index >= 15 is 0 Å². The number of hydrogen-bond donors (Lipinski definition) is 1. The number of nitrogens with one attached hydrogen (secondary N) is 1. The van der Waals surface area contributed by atoms with Gasteiger partial charge in [-0.3, -0.25) is 4.98 Å².